The first-order valence-corrected chi connectivity index (χ1v) is 11.5. The second-order valence-corrected chi connectivity index (χ2v) is 8.43. The normalized spacial score (nSPS) is 12.2. The minimum absolute atomic E-state index is 0.352. The van der Waals surface area contributed by atoms with Crippen molar-refractivity contribution in [2.24, 2.45) is 5.10 Å². The Morgan fingerprint density at radius 2 is 1.90 bits per heavy atom. The van der Waals surface area contributed by atoms with Gasteiger partial charge in [-0.15, -0.1) is 0 Å². The number of hydrazone groups is 1. The summed E-state index contributed by atoms with van der Waals surface area (Å²) >= 11 is 0. The topological polar surface area (TPSA) is 97.3 Å². The molecule has 2 aromatic rings. The molecule has 1 atom stereocenters. The maximum atomic E-state index is 12.6. The van der Waals surface area contributed by atoms with Crippen molar-refractivity contribution in [3.63, 3.8) is 0 Å². The van der Waals surface area contributed by atoms with Crippen LogP contribution in [0.3, 0.4) is 0 Å². The van der Waals surface area contributed by atoms with Crippen LogP contribution in [-0.2, 0) is 14.8 Å². The van der Waals surface area contributed by atoms with Crippen LogP contribution in [0.2, 0.25) is 0 Å². The van der Waals surface area contributed by atoms with Gasteiger partial charge in [-0.25, -0.2) is 13.8 Å². The second-order valence-electron chi connectivity index (χ2n) is 6.57. The van der Waals surface area contributed by atoms with Crippen molar-refractivity contribution in [2.75, 3.05) is 23.8 Å². The first kappa shape index (κ1) is 23.9. The van der Waals surface area contributed by atoms with E-state index in [1.165, 1.54) is 13.1 Å². The maximum absolute atomic E-state index is 12.6. The molecule has 0 aliphatic rings. The standard InChI is InChI=1S/C22H27N3O5S/c1-5-14-30-21-9-7-8-18(15-21)16-23-24-22(26)17(3)25(31(4,27)28)19-10-12-20(13-11-19)29-6-2/h5,7-13,15-17H,1,6,14H2,2-4H3,(H,24,26)/b23-16-/t17-/m0/s1. The van der Waals surface area contributed by atoms with E-state index in [-0.39, 0.29) is 0 Å². The fourth-order valence-electron chi connectivity index (χ4n) is 2.77. The predicted molar refractivity (Wildman–Crippen MR) is 122 cm³/mol. The van der Waals surface area contributed by atoms with Gasteiger partial charge < -0.3 is 9.47 Å². The summed E-state index contributed by atoms with van der Waals surface area (Å²) in [7, 11) is -3.72. The first-order chi connectivity index (χ1) is 14.8. The molecule has 0 bridgehead atoms. The number of hydrogen-bond donors (Lipinski definition) is 1. The lowest BCUT2D eigenvalue weighted by Crippen LogP contribution is -2.46. The summed E-state index contributed by atoms with van der Waals surface area (Å²) in [5, 5.41) is 3.94. The molecule has 0 spiro atoms. The highest BCUT2D eigenvalue weighted by atomic mass is 32.2. The molecule has 8 nitrogen and oxygen atoms in total. The van der Waals surface area contributed by atoms with Gasteiger partial charge in [0.2, 0.25) is 10.0 Å². The van der Waals surface area contributed by atoms with Crippen molar-refractivity contribution in [1.29, 1.82) is 0 Å². The zero-order chi connectivity index (χ0) is 22.9. The number of nitrogens with zero attached hydrogens (tertiary/aromatic N) is 2. The minimum Gasteiger partial charge on any atom is -0.494 e. The number of rotatable bonds is 11. The molecule has 31 heavy (non-hydrogen) atoms. The van der Waals surface area contributed by atoms with Crippen molar-refractivity contribution >= 4 is 27.8 Å². The van der Waals surface area contributed by atoms with Gasteiger partial charge in [-0.2, -0.15) is 5.10 Å². The molecule has 0 aliphatic carbocycles. The average molecular weight is 446 g/mol. The van der Waals surface area contributed by atoms with Crippen LogP contribution >= 0.6 is 0 Å². The summed E-state index contributed by atoms with van der Waals surface area (Å²) in [5.74, 6) is 0.678. The average Bonchev–Trinajstić information content (AvgIpc) is 2.73. The largest absolute Gasteiger partial charge is 0.494 e. The molecule has 0 saturated heterocycles. The monoisotopic (exact) mass is 445 g/mol. The molecule has 0 aliphatic heterocycles. The van der Waals surface area contributed by atoms with Crippen molar-refractivity contribution in [2.45, 2.75) is 19.9 Å². The quantitative estimate of drug-likeness (QED) is 0.326. The van der Waals surface area contributed by atoms with Gasteiger partial charge >= 0.3 is 0 Å². The number of ether oxygens (including phenoxy) is 2. The molecule has 166 valence electrons. The highest BCUT2D eigenvalue weighted by molar-refractivity contribution is 7.92. The Morgan fingerprint density at radius 3 is 2.52 bits per heavy atom. The van der Waals surface area contributed by atoms with Gasteiger partial charge in [0.1, 0.15) is 24.1 Å². The Kier molecular flexibility index (Phi) is 8.63. The second kappa shape index (κ2) is 11.2. The smallest absolute Gasteiger partial charge is 0.263 e. The number of anilines is 1. The third-order valence-corrected chi connectivity index (χ3v) is 5.35. The summed E-state index contributed by atoms with van der Waals surface area (Å²) in [5.41, 5.74) is 3.45. The lowest BCUT2D eigenvalue weighted by atomic mass is 10.2. The third kappa shape index (κ3) is 7.14. The van der Waals surface area contributed by atoms with Gasteiger partial charge in [-0.1, -0.05) is 24.8 Å². The van der Waals surface area contributed by atoms with Crippen molar-refractivity contribution in [3.8, 4) is 11.5 Å². The maximum Gasteiger partial charge on any atom is 0.263 e. The van der Waals surface area contributed by atoms with Gasteiger partial charge in [0, 0.05) is 0 Å². The van der Waals surface area contributed by atoms with E-state index in [4.69, 9.17) is 9.47 Å². The molecule has 0 saturated carbocycles. The number of amides is 1. The Labute approximate surface area is 183 Å². The first-order valence-electron chi connectivity index (χ1n) is 9.65. The van der Waals surface area contributed by atoms with Gasteiger partial charge in [-0.05, 0) is 55.8 Å². The molecular weight excluding hydrogens is 418 g/mol. The van der Waals surface area contributed by atoms with Gasteiger partial charge in [-0.3, -0.25) is 9.10 Å². The van der Waals surface area contributed by atoms with E-state index < -0.39 is 22.0 Å². The van der Waals surface area contributed by atoms with E-state index in [2.05, 4.69) is 17.1 Å². The molecule has 1 N–H and O–H groups in total. The van der Waals surface area contributed by atoms with Crippen LogP contribution in [0.15, 0.2) is 66.3 Å². The molecule has 1 amide bonds. The summed E-state index contributed by atoms with van der Waals surface area (Å²) in [6.07, 6.45) is 4.14. The van der Waals surface area contributed by atoms with E-state index in [0.717, 1.165) is 10.6 Å². The zero-order valence-corrected chi connectivity index (χ0v) is 18.6. The SMILES string of the molecule is C=CCOc1cccc(/C=N\NC(=O)[C@H](C)N(c2ccc(OCC)cc2)S(C)(=O)=O)c1. The Morgan fingerprint density at radius 1 is 1.19 bits per heavy atom. The fourth-order valence-corrected chi connectivity index (χ4v) is 3.94. The van der Waals surface area contributed by atoms with Crippen LogP contribution < -0.4 is 19.2 Å². The number of hydrogen-bond acceptors (Lipinski definition) is 6. The van der Waals surface area contributed by atoms with Crippen molar-refractivity contribution < 1.29 is 22.7 Å². The number of sulfonamides is 1. The van der Waals surface area contributed by atoms with E-state index in [1.807, 2.05) is 6.92 Å². The summed E-state index contributed by atoms with van der Waals surface area (Å²) < 4.78 is 36.6. The van der Waals surface area contributed by atoms with Crippen LogP contribution in [0.5, 0.6) is 11.5 Å². The molecule has 2 rings (SSSR count). The van der Waals surface area contributed by atoms with Crippen LogP contribution in [0.1, 0.15) is 19.4 Å². The lowest BCUT2D eigenvalue weighted by Gasteiger charge is -2.27. The van der Waals surface area contributed by atoms with Gasteiger partial charge in [0.05, 0.1) is 24.8 Å². The molecule has 9 heteroatoms. The molecule has 0 aromatic heterocycles. The van der Waals surface area contributed by atoms with E-state index >= 15 is 0 Å². The number of nitrogens with one attached hydrogen (secondary N) is 1. The van der Waals surface area contributed by atoms with Crippen molar-refractivity contribution in [1.82, 2.24) is 5.43 Å². The van der Waals surface area contributed by atoms with Crippen LogP contribution in [-0.4, -0.2) is 46.1 Å². The molecule has 0 radical (unpaired) electrons. The number of carbonyl (C=O) groups is 1. The Hall–Kier alpha value is -3.33. The lowest BCUT2D eigenvalue weighted by molar-refractivity contribution is -0.121. The van der Waals surface area contributed by atoms with Crippen LogP contribution in [0.25, 0.3) is 0 Å². The summed E-state index contributed by atoms with van der Waals surface area (Å²) in [6, 6.07) is 12.6. The minimum atomic E-state index is -3.72. The van der Waals surface area contributed by atoms with E-state index in [1.54, 1.807) is 54.6 Å². The fraction of sp³-hybridized carbons (Fsp3) is 0.273. The predicted octanol–water partition coefficient (Wildman–Crippen LogP) is 2.95. The number of carbonyl (C=O) groups excluding carboxylic acids is 1. The molecule has 2 aromatic carbocycles. The third-order valence-electron chi connectivity index (χ3n) is 4.11. The Balaban J connectivity index is 2.11. The summed E-state index contributed by atoms with van der Waals surface area (Å²) in [4.78, 5) is 12.6. The highest BCUT2D eigenvalue weighted by Gasteiger charge is 2.29. The van der Waals surface area contributed by atoms with E-state index in [9.17, 15) is 13.2 Å². The highest BCUT2D eigenvalue weighted by Crippen LogP contribution is 2.24. The molecule has 0 heterocycles. The van der Waals surface area contributed by atoms with E-state index in [0.29, 0.717) is 36.0 Å². The van der Waals surface area contributed by atoms with Gasteiger partial charge in [0.15, 0.2) is 0 Å². The van der Waals surface area contributed by atoms with Crippen LogP contribution in [0, 0.1) is 0 Å². The molecule has 0 unspecified atom stereocenters. The zero-order valence-electron chi connectivity index (χ0n) is 17.8. The van der Waals surface area contributed by atoms with Gasteiger partial charge in [0.25, 0.3) is 5.91 Å². The molecule has 0 fully saturated rings. The summed E-state index contributed by atoms with van der Waals surface area (Å²) in [6.45, 7) is 7.82. The van der Waals surface area contributed by atoms with Crippen molar-refractivity contribution in [3.05, 3.63) is 66.7 Å². The number of benzene rings is 2. The van der Waals surface area contributed by atoms with Crippen LogP contribution in [0.4, 0.5) is 5.69 Å². The Bertz CT molecular complexity index is 1020. The molecular formula is C22H27N3O5S.